The third-order valence-electron chi connectivity index (χ3n) is 4.50. The number of aromatic nitrogens is 2. The zero-order valence-corrected chi connectivity index (χ0v) is 14.7. The molecule has 2 aromatic heterocycles. The van der Waals surface area contributed by atoms with Gasteiger partial charge in [-0.2, -0.15) is 0 Å². The third kappa shape index (κ3) is 3.45. The minimum Gasteiger partial charge on any atom is -0.368 e. The summed E-state index contributed by atoms with van der Waals surface area (Å²) < 4.78 is 0. The molecule has 7 heteroatoms. The van der Waals surface area contributed by atoms with E-state index >= 15 is 0 Å². The fourth-order valence-corrected chi connectivity index (χ4v) is 3.93. The molecule has 0 bridgehead atoms. The van der Waals surface area contributed by atoms with E-state index in [1.54, 1.807) is 24.6 Å². The van der Waals surface area contributed by atoms with Crippen LogP contribution in [-0.4, -0.2) is 64.9 Å². The Morgan fingerprint density at radius 2 is 2.00 bits per heavy atom. The van der Waals surface area contributed by atoms with E-state index in [0.717, 1.165) is 55.3 Å². The number of carbonyl (C=O) groups excluding carboxylic acids is 1. The number of carbonyl (C=O) groups is 1. The van der Waals surface area contributed by atoms with Crippen LogP contribution in [0.5, 0.6) is 0 Å². The van der Waals surface area contributed by atoms with E-state index in [2.05, 4.69) is 34.0 Å². The molecule has 0 unspecified atom stereocenters. The first kappa shape index (κ1) is 16.1. The summed E-state index contributed by atoms with van der Waals surface area (Å²) >= 11 is 1.72. The van der Waals surface area contributed by atoms with E-state index in [4.69, 9.17) is 0 Å². The van der Waals surface area contributed by atoms with Crippen LogP contribution in [-0.2, 0) is 4.79 Å². The number of aryl methyl sites for hydroxylation is 2. The van der Waals surface area contributed by atoms with Gasteiger partial charge < -0.3 is 10.2 Å². The number of fused-ring (bicyclic) bond motifs is 1. The van der Waals surface area contributed by atoms with Gasteiger partial charge in [-0.25, -0.2) is 9.97 Å². The molecule has 1 fully saturated rings. The van der Waals surface area contributed by atoms with Gasteiger partial charge >= 0.3 is 0 Å². The standard InChI is InChI=1S/C16H23N5OS/c1-11-12(2)23-16-14(11)15(18-10-19-16)17-4-5-20-6-8-21(9-7-20)13(3)22/h10H,4-9H2,1-3H3,(H,17,18,19). The van der Waals surface area contributed by atoms with Crippen molar-refractivity contribution >= 4 is 33.3 Å². The van der Waals surface area contributed by atoms with Gasteiger partial charge in [0.1, 0.15) is 17.0 Å². The van der Waals surface area contributed by atoms with Crippen molar-refractivity contribution in [3.63, 3.8) is 0 Å². The summed E-state index contributed by atoms with van der Waals surface area (Å²) in [6, 6.07) is 0. The fraction of sp³-hybridized carbons (Fsp3) is 0.562. The molecule has 1 aliphatic rings. The number of hydrogen-bond acceptors (Lipinski definition) is 6. The van der Waals surface area contributed by atoms with E-state index < -0.39 is 0 Å². The zero-order chi connectivity index (χ0) is 16.4. The van der Waals surface area contributed by atoms with Crippen LogP contribution < -0.4 is 5.32 Å². The maximum atomic E-state index is 11.3. The van der Waals surface area contributed by atoms with Crippen molar-refractivity contribution in [2.24, 2.45) is 0 Å². The maximum absolute atomic E-state index is 11.3. The van der Waals surface area contributed by atoms with Crippen molar-refractivity contribution in [1.82, 2.24) is 19.8 Å². The molecule has 1 saturated heterocycles. The fourth-order valence-electron chi connectivity index (χ4n) is 2.94. The molecule has 3 rings (SSSR count). The SMILES string of the molecule is CC(=O)N1CCN(CCNc2ncnc3sc(C)c(C)c23)CC1. The highest BCUT2D eigenvalue weighted by Gasteiger charge is 2.18. The molecule has 1 N–H and O–H groups in total. The molecule has 0 radical (unpaired) electrons. The molecule has 124 valence electrons. The minimum atomic E-state index is 0.175. The highest BCUT2D eigenvalue weighted by molar-refractivity contribution is 7.18. The molecule has 0 spiro atoms. The van der Waals surface area contributed by atoms with Gasteiger partial charge in [0.25, 0.3) is 0 Å². The Balaban J connectivity index is 1.57. The number of amides is 1. The second kappa shape index (κ2) is 6.80. The molecular weight excluding hydrogens is 310 g/mol. The van der Waals surface area contributed by atoms with Crippen molar-refractivity contribution < 1.29 is 4.79 Å². The van der Waals surface area contributed by atoms with Crippen LogP contribution in [0.15, 0.2) is 6.33 Å². The number of nitrogens with one attached hydrogen (secondary N) is 1. The molecule has 2 aromatic rings. The van der Waals surface area contributed by atoms with Gasteiger partial charge in [0.15, 0.2) is 0 Å². The summed E-state index contributed by atoms with van der Waals surface area (Å²) in [5, 5.41) is 4.61. The van der Waals surface area contributed by atoms with Gasteiger partial charge in [0.05, 0.1) is 5.39 Å². The van der Waals surface area contributed by atoms with Crippen molar-refractivity contribution in [2.75, 3.05) is 44.6 Å². The second-order valence-electron chi connectivity index (χ2n) is 5.96. The van der Waals surface area contributed by atoms with Gasteiger partial charge in [0, 0.05) is 51.1 Å². The Labute approximate surface area is 140 Å². The van der Waals surface area contributed by atoms with Crippen LogP contribution in [0.1, 0.15) is 17.4 Å². The summed E-state index contributed by atoms with van der Waals surface area (Å²) in [5.74, 6) is 1.11. The summed E-state index contributed by atoms with van der Waals surface area (Å²) in [7, 11) is 0. The molecule has 1 aliphatic heterocycles. The lowest BCUT2D eigenvalue weighted by atomic mass is 10.2. The largest absolute Gasteiger partial charge is 0.368 e. The van der Waals surface area contributed by atoms with Crippen LogP contribution in [0.4, 0.5) is 5.82 Å². The van der Waals surface area contributed by atoms with Gasteiger partial charge in [-0.1, -0.05) is 0 Å². The molecule has 1 amide bonds. The predicted molar refractivity (Wildman–Crippen MR) is 94.1 cm³/mol. The number of thiophene rings is 1. The van der Waals surface area contributed by atoms with Crippen molar-refractivity contribution in [3.05, 3.63) is 16.8 Å². The van der Waals surface area contributed by atoms with E-state index in [0.29, 0.717) is 0 Å². The van der Waals surface area contributed by atoms with Crippen LogP contribution in [0.3, 0.4) is 0 Å². The molecule has 0 atom stereocenters. The average Bonchev–Trinajstić information content (AvgIpc) is 2.83. The number of hydrogen-bond donors (Lipinski definition) is 1. The predicted octanol–water partition coefficient (Wildman–Crippen LogP) is 1.88. The van der Waals surface area contributed by atoms with Gasteiger partial charge in [0.2, 0.25) is 5.91 Å². The Bertz CT molecular complexity index is 706. The minimum absolute atomic E-state index is 0.175. The molecule has 0 saturated carbocycles. The maximum Gasteiger partial charge on any atom is 0.219 e. The van der Waals surface area contributed by atoms with Crippen LogP contribution in [0.2, 0.25) is 0 Å². The van der Waals surface area contributed by atoms with Gasteiger partial charge in [-0.3, -0.25) is 9.69 Å². The van der Waals surface area contributed by atoms with E-state index in [1.165, 1.54) is 10.4 Å². The smallest absolute Gasteiger partial charge is 0.219 e. The lowest BCUT2D eigenvalue weighted by molar-refractivity contribution is -0.130. The van der Waals surface area contributed by atoms with Crippen molar-refractivity contribution in [2.45, 2.75) is 20.8 Å². The monoisotopic (exact) mass is 333 g/mol. The third-order valence-corrected chi connectivity index (χ3v) is 5.62. The van der Waals surface area contributed by atoms with Crippen LogP contribution >= 0.6 is 11.3 Å². The normalized spacial score (nSPS) is 16.0. The first-order chi connectivity index (χ1) is 11.1. The summed E-state index contributed by atoms with van der Waals surface area (Å²) in [6.45, 7) is 11.2. The first-order valence-electron chi connectivity index (χ1n) is 7.98. The molecule has 0 aliphatic carbocycles. The number of piperazine rings is 1. The van der Waals surface area contributed by atoms with Crippen LogP contribution in [0, 0.1) is 13.8 Å². The Morgan fingerprint density at radius 1 is 1.26 bits per heavy atom. The Morgan fingerprint density at radius 3 is 2.70 bits per heavy atom. The zero-order valence-electron chi connectivity index (χ0n) is 13.9. The Kier molecular flexibility index (Phi) is 4.77. The summed E-state index contributed by atoms with van der Waals surface area (Å²) in [5.41, 5.74) is 1.27. The molecule has 0 aromatic carbocycles. The van der Waals surface area contributed by atoms with E-state index in [-0.39, 0.29) is 5.91 Å². The van der Waals surface area contributed by atoms with Crippen molar-refractivity contribution in [3.8, 4) is 0 Å². The van der Waals surface area contributed by atoms with Gasteiger partial charge in [-0.05, 0) is 19.4 Å². The van der Waals surface area contributed by atoms with Crippen LogP contribution in [0.25, 0.3) is 10.2 Å². The first-order valence-corrected chi connectivity index (χ1v) is 8.80. The lowest BCUT2D eigenvalue weighted by Crippen LogP contribution is -2.49. The number of anilines is 1. The van der Waals surface area contributed by atoms with E-state index in [9.17, 15) is 4.79 Å². The summed E-state index contributed by atoms with van der Waals surface area (Å²) in [4.78, 5) is 26.8. The van der Waals surface area contributed by atoms with Gasteiger partial charge in [-0.15, -0.1) is 11.3 Å². The van der Waals surface area contributed by atoms with E-state index in [1.807, 2.05) is 4.90 Å². The highest BCUT2D eigenvalue weighted by Crippen LogP contribution is 2.32. The Hall–Kier alpha value is -1.73. The lowest BCUT2D eigenvalue weighted by Gasteiger charge is -2.34. The highest BCUT2D eigenvalue weighted by atomic mass is 32.1. The summed E-state index contributed by atoms with van der Waals surface area (Å²) in [6.07, 6.45) is 1.63. The molecule has 6 nitrogen and oxygen atoms in total. The number of nitrogens with zero attached hydrogens (tertiary/aromatic N) is 4. The second-order valence-corrected chi connectivity index (χ2v) is 7.16. The molecule has 3 heterocycles. The molecule has 23 heavy (non-hydrogen) atoms. The topological polar surface area (TPSA) is 61.4 Å². The van der Waals surface area contributed by atoms with Crippen molar-refractivity contribution in [1.29, 1.82) is 0 Å². The average molecular weight is 333 g/mol. The molecular formula is C16H23N5OS. The number of rotatable bonds is 4. The quantitative estimate of drug-likeness (QED) is 0.926.